The Morgan fingerprint density at radius 3 is 2.32 bits per heavy atom. The number of carbonyl (C=O) groups is 2. The molecule has 6 heteroatoms. The Bertz CT molecular complexity index is 722. The molecule has 0 spiro atoms. The van der Waals surface area contributed by atoms with Gasteiger partial charge in [-0.1, -0.05) is 60.1 Å². The lowest BCUT2D eigenvalue weighted by atomic mass is 10.0. The molecule has 0 saturated heterocycles. The lowest BCUT2D eigenvalue weighted by Crippen LogP contribution is -2.40. The van der Waals surface area contributed by atoms with E-state index in [2.05, 4.69) is 10.6 Å². The molecule has 0 unspecified atom stereocenters. The van der Waals surface area contributed by atoms with E-state index in [1.807, 2.05) is 37.3 Å². The van der Waals surface area contributed by atoms with Crippen LogP contribution in [0.1, 0.15) is 36.6 Å². The highest BCUT2D eigenvalue weighted by Crippen LogP contribution is 2.25. The van der Waals surface area contributed by atoms with E-state index in [0.717, 1.165) is 5.56 Å². The van der Waals surface area contributed by atoms with Crippen LogP contribution < -0.4 is 10.6 Å². The molecule has 2 rings (SSSR count). The predicted octanol–water partition coefficient (Wildman–Crippen LogP) is 4.00. The molecule has 2 atom stereocenters. The maximum absolute atomic E-state index is 12.4. The van der Waals surface area contributed by atoms with Gasteiger partial charge in [-0.05, 0) is 24.1 Å². The minimum absolute atomic E-state index is 0.00658. The summed E-state index contributed by atoms with van der Waals surface area (Å²) in [5.74, 6) is -0.429. The molecule has 0 aliphatic carbocycles. The van der Waals surface area contributed by atoms with Crippen molar-refractivity contribution in [3.63, 3.8) is 0 Å². The standard InChI is InChI=1S/C19H21ClN2O3/c1-13(14-8-4-3-5-9-14)21-19(24)22-17(12-18(23)25-2)15-10-6-7-11-16(15)20/h3-11,13,17H,12H2,1-2H3,(H2,21,22,24)/t13-,17-/m0/s1. The number of hydrogen-bond acceptors (Lipinski definition) is 3. The molecule has 0 saturated carbocycles. The zero-order chi connectivity index (χ0) is 18.2. The minimum Gasteiger partial charge on any atom is -0.469 e. The Balaban J connectivity index is 2.09. The van der Waals surface area contributed by atoms with Crippen LogP contribution >= 0.6 is 11.6 Å². The number of benzene rings is 2. The number of methoxy groups -OCH3 is 1. The summed E-state index contributed by atoms with van der Waals surface area (Å²) in [6.45, 7) is 1.89. The van der Waals surface area contributed by atoms with Crippen molar-refractivity contribution in [1.82, 2.24) is 10.6 Å². The van der Waals surface area contributed by atoms with Crippen LogP contribution in [0, 0.1) is 0 Å². The van der Waals surface area contributed by atoms with Gasteiger partial charge >= 0.3 is 12.0 Å². The SMILES string of the molecule is COC(=O)C[C@H](NC(=O)N[C@@H](C)c1ccccc1)c1ccccc1Cl. The molecule has 0 bridgehead atoms. The smallest absolute Gasteiger partial charge is 0.315 e. The first-order valence-corrected chi connectivity index (χ1v) is 8.32. The van der Waals surface area contributed by atoms with Crippen LogP contribution in [0.15, 0.2) is 54.6 Å². The molecule has 0 aliphatic heterocycles. The second-order valence-corrected chi connectivity index (χ2v) is 6.01. The number of amides is 2. The highest BCUT2D eigenvalue weighted by molar-refractivity contribution is 6.31. The van der Waals surface area contributed by atoms with Gasteiger partial charge in [0.05, 0.1) is 25.6 Å². The fourth-order valence-electron chi connectivity index (χ4n) is 2.47. The highest BCUT2D eigenvalue weighted by Gasteiger charge is 2.21. The number of ether oxygens (including phenoxy) is 1. The summed E-state index contributed by atoms with van der Waals surface area (Å²) in [4.78, 5) is 24.1. The van der Waals surface area contributed by atoms with Crippen LogP contribution in [0.3, 0.4) is 0 Å². The van der Waals surface area contributed by atoms with Gasteiger partial charge < -0.3 is 15.4 Å². The van der Waals surface area contributed by atoms with Crippen molar-refractivity contribution < 1.29 is 14.3 Å². The van der Waals surface area contributed by atoms with E-state index in [1.165, 1.54) is 7.11 Å². The lowest BCUT2D eigenvalue weighted by Gasteiger charge is -2.21. The van der Waals surface area contributed by atoms with E-state index in [1.54, 1.807) is 24.3 Å². The molecule has 2 aromatic rings. The summed E-state index contributed by atoms with van der Waals surface area (Å²) in [5, 5.41) is 6.15. The van der Waals surface area contributed by atoms with Gasteiger partial charge in [-0.2, -0.15) is 0 Å². The Kier molecular flexibility index (Phi) is 6.83. The van der Waals surface area contributed by atoms with E-state index in [9.17, 15) is 9.59 Å². The first kappa shape index (κ1) is 18.8. The molecular formula is C19H21ClN2O3. The summed E-state index contributed by atoms with van der Waals surface area (Å²) in [6, 6.07) is 15.6. The molecule has 0 aliphatic rings. The predicted molar refractivity (Wildman–Crippen MR) is 97.4 cm³/mol. The Hall–Kier alpha value is -2.53. The molecule has 132 valence electrons. The number of urea groups is 1. The van der Waals surface area contributed by atoms with Crippen molar-refractivity contribution in [2.24, 2.45) is 0 Å². The third-order valence-electron chi connectivity index (χ3n) is 3.83. The number of halogens is 1. The number of esters is 1. The van der Waals surface area contributed by atoms with Gasteiger partial charge in [-0.25, -0.2) is 4.79 Å². The zero-order valence-electron chi connectivity index (χ0n) is 14.2. The van der Waals surface area contributed by atoms with Gasteiger partial charge in [0.1, 0.15) is 0 Å². The molecule has 0 radical (unpaired) electrons. The van der Waals surface area contributed by atoms with Crippen LogP contribution in [0.4, 0.5) is 4.79 Å². The van der Waals surface area contributed by atoms with E-state index >= 15 is 0 Å². The average molecular weight is 361 g/mol. The molecule has 5 nitrogen and oxygen atoms in total. The number of carbonyl (C=O) groups excluding carboxylic acids is 2. The summed E-state index contributed by atoms with van der Waals surface area (Å²) in [5.41, 5.74) is 1.65. The zero-order valence-corrected chi connectivity index (χ0v) is 14.9. The Morgan fingerprint density at radius 1 is 1.04 bits per heavy atom. The van der Waals surface area contributed by atoms with Crippen molar-refractivity contribution in [2.75, 3.05) is 7.11 Å². The van der Waals surface area contributed by atoms with Crippen molar-refractivity contribution >= 4 is 23.6 Å². The van der Waals surface area contributed by atoms with Gasteiger partial charge in [-0.15, -0.1) is 0 Å². The van der Waals surface area contributed by atoms with Crippen LogP contribution in [0.25, 0.3) is 0 Å². The van der Waals surface area contributed by atoms with Gasteiger partial charge in [0.2, 0.25) is 0 Å². The lowest BCUT2D eigenvalue weighted by molar-refractivity contribution is -0.141. The maximum atomic E-state index is 12.4. The Labute approximate surface area is 152 Å². The molecule has 2 amide bonds. The summed E-state index contributed by atoms with van der Waals surface area (Å²) in [7, 11) is 1.31. The summed E-state index contributed by atoms with van der Waals surface area (Å²) in [6.07, 6.45) is -0.00658. The monoisotopic (exact) mass is 360 g/mol. The molecule has 25 heavy (non-hydrogen) atoms. The molecule has 0 aromatic heterocycles. The molecule has 2 aromatic carbocycles. The van der Waals surface area contributed by atoms with Crippen molar-refractivity contribution in [1.29, 1.82) is 0 Å². The second kappa shape index (κ2) is 9.08. The Morgan fingerprint density at radius 2 is 1.68 bits per heavy atom. The first-order chi connectivity index (χ1) is 12.0. The normalized spacial score (nSPS) is 12.8. The van der Waals surface area contributed by atoms with Crippen molar-refractivity contribution in [2.45, 2.75) is 25.4 Å². The molecule has 2 N–H and O–H groups in total. The molecule has 0 heterocycles. The minimum atomic E-state index is -0.580. The van der Waals surface area contributed by atoms with Gasteiger partial charge in [0.15, 0.2) is 0 Å². The van der Waals surface area contributed by atoms with Crippen LogP contribution in [-0.2, 0) is 9.53 Å². The number of hydrogen-bond donors (Lipinski definition) is 2. The maximum Gasteiger partial charge on any atom is 0.315 e. The van der Waals surface area contributed by atoms with E-state index < -0.39 is 12.0 Å². The highest BCUT2D eigenvalue weighted by atomic mass is 35.5. The van der Waals surface area contributed by atoms with E-state index in [4.69, 9.17) is 16.3 Å². The first-order valence-electron chi connectivity index (χ1n) is 7.94. The van der Waals surface area contributed by atoms with Crippen LogP contribution in [-0.4, -0.2) is 19.1 Å². The summed E-state index contributed by atoms with van der Waals surface area (Å²) < 4.78 is 4.72. The van der Waals surface area contributed by atoms with Crippen molar-refractivity contribution in [3.8, 4) is 0 Å². The fraction of sp³-hybridized carbons (Fsp3) is 0.263. The topological polar surface area (TPSA) is 67.4 Å². The molecule has 0 fully saturated rings. The fourth-order valence-corrected chi connectivity index (χ4v) is 2.74. The number of nitrogens with one attached hydrogen (secondary N) is 2. The second-order valence-electron chi connectivity index (χ2n) is 5.60. The largest absolute Gasteiger partial charge is 0.469 e. The van der Waals surface area contributed by atoms with Gasteiger partial charge in [0, 0.05) is 5.02 Å². The van der Waals surface area contributed by atoms with E-state index in [0.29, 0.717) is 10.6 Å². The third kappa shape index (κ3) is 5.50. The number of rotatable bonds is 6. The third-order valence-corrected chi connectivity index (χ3v) is 4.18. The van der Waals surface area contributed by atoms with E-state index in [-0.39, 0.29) is 18.5 Å². The molecular weight excluding hydrogens is 340 g/mol. The van der Waals surface area contributed by atoms with Gasteiger partial charge in [-0.3, -0.25) is 4.79 Å². The van der Waals surface area contributed by atoms with Crippen LogP contribution in [0.2, 0.25) is 5.02 Å². The van der Waals surface area contributed by atoms with Gasteiger partial charge in [0.25, 0.3) is 0 Å². The quantitative estimate of drug-likeness (QED) is 0.765. The van der Waals surface area contributed by atoms with Crippen molar-refractivity contribution in [3.05, 3.63) is 70.7 Å². The summed E-state index contributed by atoms with van der Waals surface area (Å²) >= 11 is 6.21. The average Bonchev–Trinajstić information content (AvgIpc) is 2.62. The van der Waals surface area contributed by atoms with Crippen LogP contribution in [0.5, 0.6) is 0 Å².